The number of hydrogen-bond donors (Lipinski definition) is 1. The zero-order chi connectivity index (χ0) is 8.77. The van der Waals surface area contributed by atoms with Crippen LogP contribution in [0.5, 0.6) is 0 Å². The normalized spacial score (nSPS) is 41.7. The summed E-state index contributed by atoms with van der Waals surface area (Å²) in [7, 11) is 1.77. The highest BCUT2D eigenvalue weighted by atomic mass is 19.1. The van der Waals surface area contributed by atoms with Gasteiger partial charge in [-0.2, -0.15) is 0 Å². The molecule has 1 amide bonds. The third-order valence-corrected chi connectivity index (χ3v) is 2.86. The van der Waals surface area contributed by atoms with Crippen LogP contribution in [0.1, 0.15) is 12.8 Å². The van der Waals surface area contributed by atoms with Gasteiger partial charge in [0.05, 0.1) is 0 Å². The lowest BCUT2D eigenvalue weighted by Gasteiger charge is -2.20. The first-order valence-electron chi connectivity index (χ1n) is 4.29. The topological polar surface area (TPSA) is 32.3 Å². The lowest BCUT2D eigenvalue weighted by atomic mass is 9.95. The Hall–Kier alpha value is -0.640. The van der Waals surface area contributed by atoms with Gasteiger partial charge in [0.25, 0.3) is 0 Å². The van der Waals surface area contributed by atoms with Gasteiger partial charge in [-0.15, -0.1) is 0 Å². The molecule has 4 heteroatoms. The largest absolute Gasteiger partial charge is 0.344 e. The Balaban J connectivity index is 2.18. The van der Waals surface area contributed by atoms with E-state index in [1.54, 1.807) is 11.9 Å². The number of rotatable bonds is 0. The molecule has 0 aromatic heterocycles. The number of likely N-dealkylation sites (N-methyl/N-ethyl adjacent to an activating group) is 1. The molecule has 2 unspecified atom stereocenters. The minimum Gasteiger partial charge on any atom is -0.344 e. The first-order valence-corrected chi connectivity index (χ1v) is 4.29. The standard InChI is InChI=1S/C8H13FN2O/c1-11-3-2-8(7(11)12)4-6(9)5-10-8/h6,10H,2-5H2,1H3. The summed E-state index contributed by atoms with van der Waals surface area (Å²) in [6, 6.07) is 0. The maximum Gasteiger partial charge on any atom is 0.242 e. The van der Waals surface area contributed by atoms with Crippen LogP contribution in [0.4, 0.5) is 4.39 Å². The van der Waals surface area contributed by atoms with Gasteiger partial charge >= 0.3 is 0 Å². The number of alkyl halides is 1. The molecule has 12 heavy (non-hydrogen) atoms. The lowest BCUT2D eigenvalue weighted by molar-refractivity contribution is -0.131. The second-order valence-corrected chi connectivity index (χ2v) is 3.74. The molecule has 2 fully saturated rings. The molecule has 2 aliphatic rings. The third kappa shape index (κ3) is 0.941. The van der Waals surface area contributed by atoms with Gasteiger partial charge in [-0.1, -0.05) is 0 Å². The molecule has 3 nitrogen and oxygen atoms in total. The minimum absolute atomic E-state index is 0.0580. The predicted molar refractivity (Wildman–Crippen MR) is 42.5 cm³/mol. The fourth-order valence-electron chi connectivity index (χ4n) is 2.11. The van der Waals surface area contributed by atoms with Gasteiger partial charge in [0.1, 0.15) is 11.7 Å². The fourth-order valence-corrected chi connectivity index (χ4v) is 2.11. The second kappa shape index (κ2) is 2.42. The Morgan fingerprint density at radius 2 is 2.50 bits per heavy atom. The molecule has 1 spiro atoms. The van der Waals surface area contributed by atoms with Crippen LogP contribution in [0, 0.1) is 0 Å². The molecule has 0 bridgehead atoms. The van der Waals surface area contributed by atoms with Crippen LogP contribution >= 0.6 is 0 Å². The van der Waals surface area contributed by atoms with Crippen LogP contribution < -0.4 is 5.32 Å². The second-order valence-electron chi connectivity index (χ2n) is 3.74. The average molecular weight is 172 g/mol. The van der Waals surface area contributed by atoms with Crippen LogP contribution in [0.15, 0.2) is 0 Å². The summed E-state index contributed by atoms with van der Waals surface area (Å²) in [4.78, 5) is 13.2. The average Bonchev–Trinajstić information content (AvgIpc) is 2.53. The van der Waals surface area contributed by atoms with Crippen LogP contribution in [-0.4, -0.2) is 42.7 Å². The Kier molecular flexibility index (Phi) is 1.61. The van der Waals surface area contributed by atoms with Crippen LogP contribution in [0.3, 0.4) is 0 Å². The highest BCUT2D eigenvalue weighted by molar-refractivity contribution is 5.88. The highest BCUT2D eigenvalue weighted by Gasteiger charge is 2.50. The summed E-state index contributed by atoms with van der Waals surface area (Å²) in [5, 5.41) is 3.00. The predicted octanol–water partition coefficient (Wildman–Crippen LogP) is -0.0813. The van der Waals surface area contributed by atoms with E-state index in [0.29, 0.717) is 13.0 Å². The summed E-state index contributed by atoms with van der Waals surface area (Å²) in [5.74, 6) is 0.0580. The van der Waals surface area contributed by atoms with Crippen molar-refractivity contribution >= 4 is 5.91 Å². The van der Waals surface area contributed by atoms with E-state index in [4.69, 9.17) is 0 Å². The molecule has 2 saturated heterocycles. The van der Waals surface area contributed by atoms with Crippen molar-refractivity contribution in [2.24, 2.45) is 0 Å². The molecule has 2 rings (SSSR count). The zero-order valence-electron chi connectivity index (χ0n) is 7.14. The first-order chi connectivity index (χ1) is 5.64. The van der Waals surface area contributed by atoms with Crippen molar-refractivity contribution in [3.8, 4) is 0 Å². The van der Waals surface area contributed by atoms with Crippen LogP contribution in [-0.2, 0) is 4.79 Å². The van der Waals surface area contributed by atoms with Gasteiger partial charge in [-0.3, -0.25) is 4.79 Å². The number of nitrogens with one attached hydrogen (secondary N) is 1. The van der Waals surface area contributed by atoms with E-state index in [-0.39, 0.29) is 5.91 Å². The first kappa shape index (κ1) is 7.98. The SMILES string of the molecule is CN1CCC2(CC(F)CN2)C1=O. The van der Waals surface area contributed by atoms with Gasteiger partial charge in [0.15, 0.2) is 0 Å². The van der Waals surface area contributed by atoms with Crippen molar-refractivity contribution in [2.75, 3.05) is 20.1 Å². The monoisotopic (exact) mass is 172 g/mol. The van der Waals surface area contributed by atoms with E-state index in [1.165, 1.54) is 0 Å². The summed E-state index contributed by atoms with van der Waals surface area (Å²) >= 11 is 0. The van der Waals surface area contributed by atoms with E-state index in [2.05, 4.69) is 5.32 Å². The third-order valence-electron chi connectivity index (χ3n) is 2.86. The van der Waals surface area contributed by atoms with E-state index in [1.807, 2.05) is 0 Å². The van der Waals surface area contributed by atoms with E-state index in [9.17, 15) is 9.18 Å². The summed E-state index contributed by atoms with van der Waals surface area (Å²) in [5.41, 5.74) is -0.547. The molecule has 2 atom stereocenters. The van der Waals surface area contributed by atoms with Crippen molar-refractivity contribution in [1.82, 2.24) is 10.2 Å². The Bertz CT molecular complexity index is 217. The number of hydrogen-bond acceptors (Lipinski definition) is 2. The minimum atomic E-state index is -0.847. The Morgan fingerprint density at radius 3 is 2.92 bits per heavy atom. The van der Waals surface area contributed by atoms with E-state index in [0.717, 1.165) is 13.0 Å². The molecule has 0 saturated carbocycles. The molecule has 68 valence electrons. The number of likely N-dealkylation sites (tertiary alicyclic amines) is 1. The maximum absolute atomic E-state index is 12.9. The summed E-state index contributed by atoms with van der Waals surface area (Å²) < 4.78 is 12.9. The molecule has 0 aromatic rings. The van der Waals surface area contributed by atoms with Gasteiger partial charge in [-0.05, 0) is 6.42 Å². The number of amides is 1. The van der Waals surface area contributed by atoms with E-state index < -0.39 is 11.7 Å². The van der Waals surface area contributed by atoms with Crippen molar-refractivity contribution in [1.29, 1.82) is 0 Å². The summed E-state index contributed by atoms with van der Waals surface area (Å²) in [6.07, 6.45) is 0.263. The Morgan fingerprint density at radius 1 is 1.75 bits per heavy atom. The van der Waals surface area contributed by atoms with Crippen molar-refractivity contribution in [3.63, 3.8) is 0 Å². The maximum atomic E-state index is 12.9. The highest BCUT2D eigenvalue weighted by Crippen LogP contribution is 2.31. The quantitative estimate of drug-likeness (QED) is 0.554. The van der Waals surface area contributed by atoms with Gasteiger partial charge < -0.3 is 10.2 Å². The molecular formula is C8H13FN2O. The van der Waals surface area contributed by atoms with Crippen molar-refractivity contribution in [3.05, 3.63) is 0 Å². The summed E-state index contributed by atoms with van der Waals surface area (Å²) in [6.45, 7) is 1.08. The van der Waals surface area contributed by atoms with Gasteiger partial charge in [0, 0.05) is 26.6 Å². The van der Waals surface area contributed by atoms with Crippen molar-refractivity contribution < 1.29 is 9.18 Å². The van der Waals surface area contributed by atoms with Gasteiger partial charge in [-0.25, -0.2) is 4.39 Å². The Labute approximate surface area is 70.9 Å². The number of carbonyl (C=O) groups excluding carboxylic acids is 1. The molecule has 2 aliphatic heterocycles. The number of nitrogens with zero attached hydrogens (tertiary/aromatic N) is 1. The lowest BCUT2D eigenvalue weighted by Crippen LogP contribution is -2.46. The van der Waals surface area contributed by atoms with Crippen LogP contribution in [0.2, 0.25) is 0 Å². The van der Waals surface area contributed by atoms with Crippen molar-refractivity contribution in [2.45, 2.75) is 24.6 Å². The molecule has 0 radical (unpaired) electrons. The molecule has 0 aromatic carbocycles. The smallest absolute Gasteiger partial charge is 0.242 e. The fraction of sp³-hybridized carbons (Fsp3) is 0.875. The van der Waals surface area contributed by atoms with Crippen LogP contribution in [0.25, 0.3) is 0 Å². The molecular weight excluding hydrogens is 159 g/mol. The molecule has 1 N–H and O–H groups in total. The number of carbonyl (C=O) groups is 1. The zero-order valence-corrected chi connectivity index (χ0v) is 7.14. The number of halogens is 1. The molecule has 2 heterocycles. The van der Waals surface area contributed by atoms with E-state index >= 15 is 0 Å². The molecule has 0 aliphatic carbocycles. The van der Waals surface area contributed by atoms with Gasteiger partial charge in [0.2, 0.25) is 5.91 Å².